The van der Waals surface area contributed by atoms with Gasteiger partial charge in [0.2, 0.25) is 0 Å². The largest absolute Gasteiger partial charge is 0.493 e. The molecular formula is C11H13FO. The maximum Gasteiger partial charge on any atom is 0.130 e. The molecular weight excluding hydrogens is 167 g/mol. The van der Waals surface area contributed by atoms with E-state index in [1.54, 1.807) is 6.07 Å². The van der Waals surface area contributed by atoms with Gasteiger partial charge in [0.25, 0.3) is 0 Å². The highest BCUT2D eigenvalue weighted by Crippen LogP contribution is 2.39. The minimum Gasteiger partial charge on any atom is -0.493 e. The maximum atomic E-state index is 13.4. The van der Waals surface area contributed by atoms with Crippen molar-refractivity contribution < 1.29 is 9.13 Å². The summed E-state index contributed by atoms with van der Waals surface area (Å²) in [6.07, 6.45) is 0. The number of halogens is 1. The summed E-state index contributed by atoms with van der Waals surface area (Å²) in [5.41, 5.74) is 0.762. The van der Waals surface area contributed by atoms with E-state index < -0.39 is 0 Å². The van der Waals surface area contributed by atoms with Gasteiger partial charge < -0.3 is 4.74 Å². The number of benzene rings is 1. The monoisotopic (exact) mass is 180 g/mol. The Labute approximate surface area is 77.5 Å². The molecule has 1 atom stereocenters. The van der Waals surface area contributed by atoms with Crippen LogP contribution >= 0.6 is 0 Å². The molecule has 13 heavy (non-hydrogen) atoms. The van der Waals surface area contributed by atoms with Gasteiger partial charge in [-0.05, 0) is 18.1 Å². The molecule has 1 heterocycles. The minimum absolute atomic E-state index is 0.131. The minimum atomic E-state index is -0.131. The highest BCUT2D eigenvalue weighted by atomic mass is 19.1. The van der Waals surface area contributed by atoms with Crippen molar-refractivity contribution in [3.8, 4) is 5.75 Å². The van der Waals surface area contributed by atoms with Gasteiger partial charge in [0.05, 0.1) is 6.61 Å². The molecule has 0 saturated heterocycles. The van der Waals surface area contributed by atoms with Gasteiger partial charge in [0.15, 0.2) is 0 Å². The second-order valence-electron chi connectivity index (χ2n) is 3.81. The van der Waals surface area contributed by atoms with E-state index in [0.717, 1.165) is 11.3 Å². The van der Waals surface area contributed by atoms with Crippen molar-refractivity contribution >= 4 is 0 Å². The Bertz CT molecular complexity index is 320. The third-order valence-corrected chi connectivity index (χ3v) is 2.61. The smallest absolute Gasteiger partial charge is 0.130 e. The SMILES string of the molecule is CC(C)C1COc2cccc(F)c21. The van der Waals surface area contributed by atoms with E-state index in [0.29, 0.717) is 12.5 Å². The van der Waals surface area contributed by atoms with Crippen molar-refractivity contribution in [2.24, 2.45) is 5.92 Å². The van der Waals surface area contributed by atoms with Gasteiger partial charge in [-0.2, -0.15) is 0 Å². The Hall–Kier alpha value is -1.05. The summed E-state index contributed by atoms with van der Waals surface area (Å²) in [6, 6.07) is 5.03. The normalized spacial score (nSPS) is 20.2. The third-order valence-electron chi connectivity index (χ3n) is 2.61. The van der Waals surface area contributed by atoms with E-state index in [4.69, 9.17) is 4.74 Å². The average molecular weight is 180 g/mol. The van der Waals surface area contributed by atoms with Crippen molar-refractivity contribution in [3.63, 3.8) is 0 Å². The van der Waals surface area contributed by atoms with Crippen LogP contribution < -0.4 is 4.74 Å². The highest BCUT2D eigenvalue weighted by molar-refractivity contribution is 5.41. The first-order chi connectivity index (χ1) is 6.20. The van der Waals surface area contributed by atoms with E-state index >= 15 is 0 Å². The molecule has 0 radical (unpaired) electrons. The van der Waals surface area contributed by atoms with Crippen LogP contribution in [-0.2, 0) is 0 Å². The molecule has 1 aromatic carbocycles. The Morgan fingerprint density at radius 3 is 2.92 bits per heavy atom. The zero-order valence-electron chi connectivity index (χ0n) is 7.88. The van der Waals surface area contributed by atoms with Crippen molar-refractivity contribution in [3.05, 3.63) is 29.6 Å². The first-order valence-electron chi connectivity index (χ1n) is 4.61. The van der Waals surface area contributed by atoms with Gasteiger partial charge in [-0.1, -0.05) is 19.9 Å². The van der Waals surface area contributed by atoms with Gasteiger partial charge in [-0.3, -0.25) is 0 Å². The van der Waals surface area contributed by atoms with Crippen LogP contribution in [0.1, 0.15) is 25.3 Å². The standard InChI is InChI=1S/C11H13FO/c1-7(2)8-6-13-10-5-3-4-9(12)11(8)10/h3-5,7-8H,6H2,1-2H3. The van der Waals surface area contributed by atoms with Crippen LogP contribution in [0.25, 0.3) is 0 Å². The summed E-state index contributed by atoms with van der Waals surface area (Å²) < 4.78 is 18.8. The third kappa shape index (κ3) is 1.30. The van der Waals surface area contributed by atoms with E-state index in [1.807, 2.05) is 6.07 Å². The fourth-order valence-corrected chi connectivity index (χ4v) is 1.79. The van der Waals surface area contributed by atoms with E-state index in [9.17, 15) is 4.39 Å². The van der Waals surface area contributed by atoms with Gasteiger partial charge in [-0.25, -0.2) is 4.39 Å². The zero-order valence-corrected chi connectivity index (χ0v) is 7.88. The Balaban J connectivity index is 2.46. The summed E-state index contributed by atoms with van der Waals surface area (Å²) in [4.78, 5) is 0. The molecule has 2 heteroatoms. The average Bonchev–Trinajstić information content (AvgIpc) is 2.49. The van der Waals surface area contributed by atoms with Crippen LogP contribution in [-0.4, -0.2) is 6.61 Å². The lowest BCUT2D eigenvalue weighted by Gasteiger charge is -2.12. The van der Waals surface area contributed by atoms with Gasteiger partial charge in [0.1, 0.15) is 11.6 Å². The fraction of sp³-hybridized carbons (Fsp3) is 0.455. The molecule has 0 aromatic heterocycles. The second kappa shape index (κ2) is 3.02. The van der Waals surface area contributed by atoms with Crippen molar-refractivity contribution in [1.29, 1.82) is 0 Å². The summed E-state index contributed by atoms with van der Waals surface area (Å²) in [6.45, 7) is 4.80. The molecule has 0 saturated carbocycles. The van der Waals surface area contributed by atoms with Gasteiger partial charge in [0, 0.05) is 11.5 Å². The molecule has 1 aliphatic heterocycles. The molecule has 1 aliphatic rings. The Morgan fingerprint density at radius 2 is 2.23 bits per heavy atom. The Kier molecular flexibility index (Phi) is 1.98. The number of fused-ring (bicyclic) bond motifs is 1. The van der Waals surface area contributed by atoms with E-state index in [-0.39, 0.29) is 11.7 Å². The molecule has 1 nitrogen and oxygen atoms in total. The van der Waals surface area contributed by atoms with Crippen molar-refractivity contribution in [1.82, 2.24) is 0 Å². The molecule has 1 unspecified atom stereocenters. The summed E-state index contributed by atoms with van der Waals surface area (Å²) in [5, 5.41) is 0. The molecule has 0 fully saturated rings. The van der Waals surface area contributed by atoms with Crippen molar-refractivity contribution in [2.75, 3.05) is 6.61 Å². The van der Waals surface area contributed by atoms with Crippen LogP contribution in [0.3, 0.4) is 0 Å². The van der Waals surface area contributed by atoms with Crippen molar-refractivity contribution in [2.45, 2.75) is 19.8 Å². The lowest BCUT2D eigenvalue weighted by Crippen LogP contribution is -2.08. The lowest BCUT2D eigenvalue weighted by molar-refractivity contribution is 0.303. The Morgan fingerprint density at radius 1 is 1.46 bits per heavy atom. The molecule has 2 rings (SSSR count). The molecule has 0 spiro atoms. The molecule has 0 bridgehead atoms. The topological polar surface area (TPSA) is 9.23 Å². The molecule has 1 aromatic rings. The first-order valence-corrected chi connectivity index (χ1v) is 4.61. The number of rotatable bonds is 1. The van der Waals surface area contributed by atoms with Gasteiger partial charge in [-0.15, -0.1) is 0 Å². The van der Waals surface area contributed by atoms with Crippen LogP contribution in [0.15, 0.2) is 18.2 Å². The maximum absolute atomic E-state index is 13.4. The van der Waals surface area contributed by atoms with Crippen LogP contribution in [0.2, 0.25) is 0 Å². The molecule has 0 N–H and O–H groups in total. The van der Waals surface area contributed by atoms with Crippen LogP contribution in [0.4, 0.5) is 4.39 Å². The van der Waals surface area contributed by atoms with E-state index in [1.165, 1.54) is 6.07 Å². The summed E-state index contributed by atoms with van der Waals surface area (Å²) in [7, 11) is 0. The van der Waals surface area contributed by atoms with Crippen LogP contribution in [0.5, 0.6) is 5.75 Å². The molecule has 70 valence electrons. The highest BCUT2D eigenvalue weighted by Gasteiger charge is 2.29. The number of hydrogen-bond donors (Lipinski definition) is 0. The predicted molar refractivity (Wildman–Crippen MR) is 49.5 cm³/mol. The summed E-state index contributed by atoms with van der Waals surface area (Å²) >= 11 is 0. The molecule has 0 aliphatic carbocycles. The zero-order chi connectivity index (χ0) is 9.42. The van der Waals surface area contributed by atoms with Gasteiger partial charge >= 0.3 is 0 Å². The lowest BCUT2D eigenvalue weighted by atomic mass is 9.90. The predicted octanol–water partition coefficient (Wildman–Crippen LogP) is 2.96. The van der Waals surface area contributed by atoms with E-state index in [2.05, 4.69) is 13.8 Å². The second-order valence-corrected chi connectivity index (χ2v) is 3.81. The molecule has 0 amide bonds. The number of hydrogen-bond acceptors (Lipinski definition) is 1. The first kappa shape index (κ1) is 8.54. The fourth-order valence-electron chi connectivity index (χ4n) is 1.79. The summed E-state index contributed by atoms with van der Waals surface area (Å²) in [5.74, 6) is 1.24. The van der Waals surface area contributed by atoms with Crippen LogP contribution in [0, 0.1) is 11.7 Å². The number of ether oxygens (including phenoxy) is 1. The quantitative estimate of drug-likeness (QED) is 0.645.